The molecule has 0 radical (unpaired) electrons. The van der Waals surface area contributed by atoms with E-state index in [0.29, 0.717) is 18.8 Å². The molecule has 4 heteroatoms. The largest absolute Gasteiger partial charge is 0.488 e. The van der Waals surface area contributed by atoms with Gasteiger partial charge in [0.05, 0.1) is 16.5 Å². The lowest BCUT2D eigenvalue weighted by atomic mass is 9.99. The zero-order chi connectivity index (χ0) is 12.8. The highest BCUT2D eigenvalue weighted by Gasteiger charge is 2.23. The zero-order valence-corrected chi connectivity index (χ0v) is 10.0. The van der Waals surface area contributed by atoms with Crippen LogP contribution in [0.5, 0.6) is 11.5 Å². The van der Waals surface area contributed by atoms with Gasteiger partial charge < -0.3 is 13.9 Å². The van der Waals surface area contributed by atoms with Crippen LogP contribution in [0.1, 0.15) is 11.1 Å². The second-order valence-electron chi connectivity index (χ2n) is 4.41. The molecule has 1 aromatic heterocycles. The Labute approximate surface area is 108 Å². The Kier molecular flexibility index (Phi) is 2.06. The fraction of sp³-hybridized carbons (Fsp3) is 0.133. The van der Waals surface area contributed by atoms with E-state index in [2.05, 4.69) is 0 Å². The third-order valence-corrected chi connectivity index (χ3v) is 3.27. The summed E-state index contributed by atoms with van der Waals surface area (Å²) in [7, 11) is 0. The maximum atomic E-state index is 11.5. The Balaban J connectivity index is 2.23. The molecule has 2 aliphatic heterocycles. The molecule has 0 saturated heterocycles. The number of fused-ring (bicyclic) bond motifs is 6. The average molecular weight is 254 g/mol. The summed E-state index contributed by atoms with van der Waals surface area (Å²) < 4.78 is 16.7. The predicted molar refractivity (Wildman–Crippen MR) is 71.5 cm³/mol. The second kappa shape index (κ2) is 3.75. The molecule has 0 spiro atoms. The van der Waals surface area contributed by atoms with Crippen molar-refractivity contribution in [2.24, 2.45) is 0 Å². The van der Waals surface area contributed by atoms with Crippen LogP contribution in [-0.2, 0) is 0 Å². The van der Waals surface area contributed by atoms with Gasteiger partial charge in [0.25, 0.3) is 0 Å². The fourth-order valence-electron chi connectivity index (χ4n) is 2.50. The Morgan fingerprint density at radius 1 is 0.895 bits per heavy atom. The molecule has 94 valence electrons. The van der Waals surface area contributed by atoms with Gasteiger partial charge in [0.1, 0.15) is 24.7 Å². The molecule has 4 rings (SSSR count). The highest BCUT2D eigenvalue weighted by atomic mass is 16.5. The molecule has 0 aliphatic carbocycles. The summed E-state index contributed by atoms with van der Waals surface area (Å²) in [6.07, 6.45) is 7.75. The fourth-order valence-corrected chi connectivity index (χ4v) is 2.50. The van der Waals surface area contributed by atoms with E-state index in [-0.39, 0.29) is 5.63 Å². The van der Waals surface area contributed by atoms with Crippen LogP contribution >= 0.6 is 0 Å². The summed E-state index contributed by atoms with van der Waals surface area (Å²) in [5, 5.41) is 0.799. The minimum absolute atomic E-state index is 0.375. The predicted octanol–water partition coefficient (Wildman–Crippen LogP) is 2.60. The smallest absolute Gasteiger partial charge is 0.336 e. The first-order chi connectivity index (χ1) is 9.34. The van der Waals surface area contributed by atoms with Crippen LogP contribution in [0.25, 0.3) is 23.1 Å². The zero-order valence-electron chi connectivity index (χ0n) is 10.0. The van der Waals surface area contributed by atoms with E-state index in [0.717, 1.165) is 28.0 Å². The molecule has 1 aromatic carbocycles. The Morgan fingerprint density at radius 3 is 2.47 bits per heavy atom. The molecule has 0 fully saturated rings. The maximum absolute atomic E-state index is 11.5. The second-order valence-corrected chi connectivity index (χ2v) is 4.41. The molecular weight excluding hydrogens is 244 g/mol. The summed E-state index contributed by atoms with van der Waals surface area (Å²) in [6, 6.07) is 3.14. The molecule has 2 aromatic rings. The Hall–Kier alpha value is -2.49. The first-order valence-corrected chi connectivity index (χ1v) is 6.07. The molecule has 0 saturated carbocycles. The van der Waals surface area contributed by atoms with Crippen molar-refractivity contribution in [3.8, 4) is 11.5 Å². The number of benzene rings is 1. The van der Waals surface area contributed by atoms with Crippen molar-refractivity contribution < 1.29 is 13.9 Å². The van der Waals surface area contributed by atoms with Gasteiger partial charge in [-0.3, -0.25) is 0 Å². The molecule has 3 heterocycles. The van der Waals surface area contributed by atoms with Crippen LogP contribution in [-0.4, -0.2) is 13.2 Å². The summed E-state index contributed by atoms with van der Waals surface area (Å²) in [5.41, 5.74) is 1.85. The highest BCUT2D eigenvalue weighted by Crippen LogP contribution is 2.44. The van der Waals surface area contributed by atoms with Crippen LogP contribution in [0.15, 0.2) is 33.5 Å². The molecular formula is C15H10O4. The van der Waals surface area contributed by atoms with Gasteiger partial charge in [0.2, 0.25) is 0 Å². The molecule has 0 atom stereocenters. The minimum Gasteiger partial charge on any atom is -0.488 e. The molecule has 0 amide bonds. The normalized spacial score (nSPS) is 15.6. The first kappa shape index (κ1) is 10.4. The highest BCUT2D eigenvalue weighted by molar-refractivity contribution is 5.98. The molecule has 0 unspecified atom stereocenters. The maximum Gasteiger partial charge on any atom is 0.336 e. The monoisotopic (exact) mass is 254 g/mol. The third kappa shape index (κ3) is 1.43. The third-order valence-electron chi connectivity index (χ3n) is 3.27. The van der Waals surface area contributed by atoms with Crippen molar-refractivity contribution in [2.75, 3.05) is 13.2 Å². The Morgan fingerprint density at radius 2 is 1.63 bits per heavy atom. The number of hydrogen-bond acceptors (Lipinski definition) is 4. The van der Waals surface area contributed by atoms with E-state index >= 15 is 0 Å². The van der Waals surface area contributed by atoms with Crippen molar-refractivity contribution in [3.63, 3.8) is 0 Å². The molecule has 2 aliphatic rings. The van der Waals surface area contributed by atoms with Crippen molar-refractivity contribution in [2.45, 2.75) is 0 Å². The van der Waals surface area contributed by atoms with Gasteiger partial charge in [-0.2, -0.15) is 0 Å². The minimum atomic E-state index is -0.375. The quantitative estimate of drug-likeness (QED) is 0.678. The van der Waals surface area contributed by atoms with Crippen molar-refractivity contribution >= 4 is 23.1 Å². The molecule has 19 heavy (non-hydrogen) atoms. The summed E-state index contributed by atoms with van der Waals surface area (Å²) in [6.45, 7) is 1.02. The van der Waals surface area contributed by atoms with Gasteiger partial charge in [-0.1, -0.05) is 0 Å². The van der Waals surface area contributed by atoms with Gasteiger partial charge >= 0.3 is 5.63 Å². The SMILES string of the molecule is O=c1ccc2c3c(c4c(c2o1)C=CCO4)C=CCO3. The number of rotatable bonds is 0. The van der Waals surface area contributed by atoms with Gasteiger partial charge in [-0.15, -0.1) is 0 Å². The average Bonchev–Trinajstić information content (AvgIpc) is 2.47. The van der Waals surface area contributed by atoms with Crippen molar-refractivity contribution in [1.29, 1.82) is 0 Å². The molecule has 4 nitrogen and oxygen atoms in total. The van der Waals surface area contributed by atoms with E-state index in [1.54, 1.807) is 6.07 Å². The van der Waals surface area contributed by atoms with Crippen LogP contribution < -0.4 is 15.1 Å². The van der Waals surface area contributed by atoms with E-state index in [4.69, 9.17) is 13.9 Å². The van der Waals surface area contributed by atoms with Crippen LogP contribution in [0, 0.1) is 0 Å². The summed E-state index contributed by atoms with van der Waals surface area (Å²) in [4.78, 5) is 11.5. The van der Waals surface area contributed by atoms with Crippen molar-refractivity contribution in [1.82, 2.24) is 0 Å². The standard InChI is InChI=1S/C15H10O4/c16-12-6-5-11-14-9(3-1-7-18-14)13-10(15(11)19-12)4-2-8-17-13/h1-6H,7-8H2. The Bertz CT molecular complexity index is 796. The summed E-state index contributed by atoms with van der Waals surface area (Å²) >= 11 is 0. The van der Waals surface area contributed by atoms with Crippen LogP contribution in [0.4, 0.5) is 0 Å². The van der Waals surface area contributed by atoms with Gasteiger partial charge in [-0.25, -0.2) is 4.79 Å². The molecule has 0 N–H and O–H groups in total. The van der Waals surface area contributed by atoms with E-state index in [9.17, 15) is 4.79 Å². The first-order valence-electron chi connectivity index (χ1n) is 6.07. The van der Waals surface area contributed by atoms with Crippen LogP contribution in [0.3, 0.4) is 0 Å². The number of ether oxygens (including phenoxy) is 2. The summed E-state index contributed by atoms with van der Waals surface area (Å²) in [5.74, 6) is 1.44. The van der Waals surface area contributed by atoms with E-state index < -0.39 is 0 Å². The van der Waals surface area contributed by atoms with Gasteiger partial charge in [0.15, 0.2) is 5.58 Å². The lowest BCUT2D eigenvalue weighted by Gasteiger charge is -2.22. The molecule has 0 bridgehead atoms. The van der Waals surface area contributed by atoms with E-state index in [1.807, 2.05) is 24.3 Å². The van der Waals surface area contributed by atoms with Gasteiger partial charge in [0, 0.05) is 6.07 Å². The lowest BCUT2D eigenvalue weighted by molar-refractivity contribution is 0.339. The van der Waals surface area contributed by atoms with Crippen molar-refractivity contribution in [3.05, 3.63) is 45.8 Å². The topological polar surface area (TPSA) is 48.7 Å². The van der Waals surface area contributed by atoms with Crippen LogP contribution in [0.2, 0.25) is 0 Å². The van der Waals surface area contributed by atoms with Gasteiger partial charge in [-0.05, 0) is 30.4 Å². The number of hydrogen-bond donors (Lipinski definition) is 0. The van der Waals surface area contributed by atoms with E-state index in [1.165, 1.54) is 6.07 Å². The lowest BCUT2D eigenvalue weighted by Crippen LogP contribution is -2.09.